The van der Waals surface area contributed by atoms with Crippen molar-refractivity contribution in [3.63, 3.8) is 0 Å². The Hall–Kier alpha value is 1.42. The third-order valence-corrected chi connectivity index (χ3v) is 0. The molecule has 0 spiro atoms. The van der Waals surface area contributed by atoms with E-state index in [-0.39, 0.29) is 29.6 Å². The van der Waals surface area contributed by atoms with Gasteiger partial charge in [-0.1, -0.05) is 0 Å². The van der Waals surface area contributed by atoms with Crippen LogP contribution in [0.15, 0.2) is 0 Å². The van der Waals surface area contributed by atoms with Gasteiger partial charge in [0.1, 0.15) is 0 Å². The zero-order valence-electron chi connectivity index (χ0n) is 3.09. The summed E-state index contributed by atoms with van der Waals surface area (Å²) in [5.41, 5.74) is 0. The molecule has 48 valence electrons. The van der Waals surface area contributed by atoms with Crippen LogP contribution in [0.2, 0.25) is 0 Å². The molecule has 0 bridgehead atoms. The number of hydrogen-bond donors (Lipinski definition) is 5. The van der Waals surface area contributed by atoms with Crippen LogP contribution < -0.4 is 0 Å². The average molecular weight is 172 g/mol. The van der Waals surface area contributed by atoms with Crippen molar-refractivity contribution in [3.05, 3.63) is 0 Å². The molecule has 8 heavy (non-hydrogen) atoms. The molecular formula is H6NaO5PS. The van der Waals surface area contributed by atoms with E-state index < -0.39 is 7.82 Å². The molecule has 0 aliphatic carbocycles. The first kappa shape index (κ1) is 16.2. The Kier molecular flexibility index (Phi) is 17.1. The maximum atomic E-state index is 8.88. The van der Waals surface area contributed by atoms with Crippen LogP contribution in [-0.4, -0.2) is 48.8 Å². The zero-order valence-corrected chi connectivity index (χ0v) is 4.88. The first-order chi connectivity index (χ1) is 3.00. The van der Waals surface area contributed by atoms with Crippen LogP contribution in [0, 0.1) is 0 Å². The Balaban J connectivity index is -0.0000000750. The second-order valence-electron chi connectivity index (χ2n) is 0.513. The fourth-order valence-electron chi connectivity index (χ4n) is 0. The summed E-state index contributed by atoms with van der Waals surface area (Å²) in [4.78, 5) is 21.6. The summed E-state index contributed by atoms with van der Waals surface area (Å²) in [7, 11) is -4.64. The van der Waals surface area contributed by atoms with Crippen LogP contribution in [-0.2, 0) is 4.57 Å². The molecule has 0 aliphatic rings. The number of rotatable bonds is 0. The summed E-state index contributed by atoms with van der Waals surface area (Å²) in [5, 5.41) is 0. The standard InChI is InChI=1S/Na.H3O4P.H2OS.H/c;1-5(2,3)4;1-2;/h;(H3,1,2,3,4);1-2H;. The van der Waals surface area contributed by atoms with Crippen molar-refractivity contribution in [3.8, 4) is 0 Å². The summed E-state index contributed by atoms with van der Waals surface area (Å²) in [6.07, 6.45) is 0. The van der Waals surface area contributed by atoms with Crippen molar-refractivity contribution >= 4 is 50.3 Å². The summed E-state index contributed by atoms with van der Waals surface area (Å²) >= 11 is 2.53. The van der Waals surface area contributed by atoms with E-state index in [0.29, 0.717) is 0 Å². The van der Waals surface area contributed by atoms with Crippen molar-refractivity contribution in [1.82, 2.24) is 0 Å². The Morgan fingerprint density at radius 2 is 1.12 bits per heavy atom. The van der Waals surface area contributed by atoms with E-state index in [1.807, 2.05) is 0 Å². The summed E-state index contributed by atoms with van der Waals surface area (Å²) in [6.45, 7) is 0. The normalized spacial score (nSPS) is 8.12. The quantitative estimate of drug-likeness (QED) is 0.137. The van der Waals surface area contributed by atoms with E-state index in [4.69, 9.17) is 23.8 Å². The minimum absolute atomic E-state index is 0. The van der Waals surface area contributed by atoms with E-state index in [0.717, 1.165) is 0 Å². The molecule has 0 radical (unpaired) electrons. The third kappa shape index (κ3) is 152. The van der Waals surface area contributed by atoms with E-state index in [1.165, 1.54) is 0 Å². The molecule has 0 atom stereocenters. The predicted octanol–water partition coefficient (Wildman–Crippen LogP) is -1.19. The molecule has 0 aliphatic heterocycles. The van der Waals surface area contributed by atoms with Gasteiger partial charge in [-0.05, 0) is 12.9 Å². The van der Waals surface area contributed by atoms with Gasteiger partial charge in [-0.2, -0.15) is 0 Å². The minimum atomic E-state index is -4.64. The van der Waals surface area contributed by atoms with Crippen LogP contribution in [0.1, 0.15) is 0 Å². The monoisotopic (exact) mass is 172 g/mol. The van der Waals surface area contributed by atoms with Gasteiger partial charge in [-0.3, -0.25) is 0 Å². The van der Waals surface area contributed by atoms with Gasteiger partial charge in [-0.25, -0.2) is 4.57 Å². The van der Waals surface area contributed by atoms with E-state index >= 15 is 0 Å². The van der Waals surface area contributed by atoms with Crippen LogP contribution >= 0.6 is 20.7 Å². The predicted molar refractivity (Wildman–Crippen MR) is 33.0 cm³/mol. The molecule has 0 aromatic rings. The van der Waals surface area contributed by atoms with Crippen molar-refractivity contribution in [1.29, 1.82) is 0 Å². The average Bonchev–Trinajstić information content (AvgIpc) is 1.36. The Morgan fingerprint density at radius 3 is 1.12 bits per heavy atom. The Bertz CT molecular complexity index is 58.6. The van der Waals surface area contributed by atoms with Crippen molar-refractivity contribution < 1.29 is 23.8 Å². The fraction of sp³-hybridized carbons (Fsp3) is 0. The number of phosphoric acid groups is 1. The molecule has 0 aromatic carbocycles. The van der Waals surface area contributed by atoms with Gasteiger partial charge in [0.15, 0.2) is 0 Å². The molecule has 0 saturated heterocycles. The SMILES string of the molecule is O=P(O)(O)O.OS.[NaH]. The van der Waals surface area contributed by atoms with Gasteiger partial charge >= 0.3 is 37.4 Å². The second-order valence-corrected chi connectivity index (χ2v) is 1.54. The third-order valence-electron chi connectivity index (χ3n) is 0. The van der Waals surface area contributed by atoms with Gasteiger partial charge in [0.05, 0.1) is 0 Å². The fourth-order valence-corrected chi connectivity index (χ4v) is 0. The summed E-state index contributed by atoms with van der Waals surface area (Å²) in [6, 6.07) is 0. The first-order valence-corrected chi connectivity index (χ1v) is 2.95. The molecule has 0 unspecified atom stereocenters. The van der Waals surface area contributed by atoms with Crippen molar-refractivity contribution in [2.24, 2.45) is 0 Å². The molecule has 4 N–H and O–H groups in total. The van der Waals surface area contributed by atoms with Gasteiger partial charge in [0, 0.05) is 0 Å². The first-order valence-electron chi connectivity index (χ1n) is 0.983. The van der Waals surface area contributed by atoms with E-state index in [2.05, 4.69) is 12.9 Å². The number of thiol groups is 1. The van der Waals surface area contributed by atoms with Gasteiger partial charge < -0.3 is 19.2 Å². The van der Waals surface area contributed by atoms with Gasteiger partial charge in [0.2, 0.25) is 0 Å². The second kappa shape index (κ2) is 8.42. The van der Waals surface area contributed by atoms with Crippen molar-refractivity contribution in [2.75, 3.05) is 0 Å². The molecule has 5 nitrogen and oxygen atoms in total. The zero-order chi connectivity index (χ0) is 6.50. The van der Waals surface area contributed by atoms with E-state index in [1.54, 1.807) is 0 Å². The molecule has 0 saturated carbocycles. The van der Waals surface area contributed by atoms with Crippen molar-refractivity contribution in [2.45, 2.75) is 0 Å². The molecule has 0 amide bonds. The molecular weight excluding hydrogens is 166 g/mol. The molecule has 0 fully saturated rings. The van der Waals surface area contributed by atoms with Gasteiger partial charge in [0.25, 0.3) is 0 Å². The van der Waals surface area contributed by atoms with Crippen LogP contribution in [0.5, 0.6) is 0 Å². The van der Waals surface area contributed by atoms with Crippen LogP contribution in [0.25, 0.3) is 0 Å². The molecule has 0 aromatic heterocycles. The topological polar surface area (TPSA) is 98.0 Å². The number of hydrogen-bond acceptors (Lipinski definition) is 3. The van der Waals surface area contributed by atoms with Crippen LogP contribution in [0.4, 0.5) is 0 Å². The molecule has 0 heterocycles. The summed E-state index contributed by atoms with van der Waals surface area (Å²) in [5.74, 6) is 0. The maximum absolute atomic E-state index is 8.88. The Morgan fingerprint density at radius 1 is 1.12 bits per heavy atom. The Labute approximate surface area is 73.9 Å². The molecule has 8 heteroatoms. The van der Waals surface area contributed by atoms with Crippen LogP contribution in [0.3, 0.4) is 0 Å². The summed E-state index contributed by atoms with van der Waals surface area (Å²) < 4.78 is 15.6. The molecule has 0 rings (SSSR count). The van der Waals surface area contributed by atoms with E-state index in [9.17, 15) is 0 Å². The van der Waals surface area contributed by atoms with Gasteiger partial charge in [-0.15, -0.1) is 0 Å².